The van der Waals surface area contributed by atoms with Gasteiger partial charge in [0, 0.05) is 32.9 Å². The third-order valence-corrected chi connectivity index (χ3v) is 10.3. The summed E-state index contributed by atoms with van der Waals surface area (Å²) in [7, 11) is 0. The maximum Gasteiger partial charge on any atom is 0.0547 e. The van der Waals surface area contributed by atoms with E-state index in [1.165, 1.54) is 82.7 Å². The largest absolute Gasteiger partial charge is 0.309 e. The fourth-order valence-corrected chi connectivity index (χ4v) is 7.89. The number of hydrogen-bond acceptors (Lipinski definition) is 0. The van der Waals surface area contributed by atoms with E-state index in [0.29, 0.717) is 0 Å². The van der Waals surface area contributed by atoms with Gasteiger partial charge in [-0.25, -0.2) is 0 Å². The fourth-order valence-electron chi connectivity index (χ4n) is 7.89. The zero-order chi connectivity index (χ0) is 33.7. The summed E-state index contributed by atoms with van der Waals surface area (Å²) in [5, 5.41) is 5.01. The molecular formula is C49H34N2. The van der Waals surface area contributed by atoms with Crippen LogP contribution in [-0.2, 0) is 0 Å². The van der Waals surface area contributed by atoms with Crippen molar-refractivity contribution >= 4 is 49.2 Å². The van der Waals surface area contributed by atoms with Crippen LogP contribution in [0.25, 0.3) is 82.8 Å². The molecule has 1 aliphatic carbocycles. The molecule has 0 aliphatic heterocycles. The minimum atomic E-state index is 0.958. The highest BCUT2D eigenvalue weighted by Gasteiger charge is 2.17. The van der Waals surface area contributed by atoms with Crippen LogP contribution in [0.2, 0.25) is 0 Å². The number of rotatable bonds is 5. The monoisotopic (exact) mass is 650 g/mol. The van der Waals surface area contributed by atoms with Crippen LogP contribution in [0, 0.1) is 0 Å². The third kappa shape index (κ3) is 4.95. The van der Waals surface area contributed by atoms with Crippen molar-refractivity contribution in [2.24, 2.45) is 0 Å². The molecular weight excluding hydrogens is 617 g/mol. The zero-order valence-electron chi connectivity index (χ0n) is 28.1. The molecule has 0 N–H and O–H groups in total. The molecule has 7 aromatic carbocycles. The molecule has 0 bridgehead atoms. The first-order valence-corrected chi connectivity index (χ1v) is 17.7. The molecule has 51 heavy (non-hydrogen) atoms. The molecule has 0 radical (unpaired) electrons. The van der Waals surface area contributed by atoms with Gasteiger partial charge in [-0.3, -0.25) is 0 Å². The van der Waals surface area contributed by atoms with E-state index in [2.05, 4.69) is 203 Å². The van der Waals surface area contributed by atoms with Crippen molar-refractivity contribution in [3.05, 3.63) is 200 Å². The molecule has 2 aromatic heterocycles. The molecule has 0 spiro atoms. The van der Waals surface area contributed by atoms with E-state index in [0.717, 1.165) is 12.1 Å². The second-order valence-electron chi connectivity index (χ2n) is 13.3. The van der Waals surface area contributed by atoms with Gasteiger partial charge in [0.25, 0.3) is 0 Å². The van der Waals surface area contributed by atoms with Crippen LogP contribution in [-0.4, -0.2) is 9.13 Å². The van der Waals surface area contributed by atoms with Crippen LogP contribution in [0.15, 0.2) is 194 Å². The van der Waals surface area contributed by atoms with E-state index in [9.17, 15) is 0 Å². The van der Waals surface area contributed by atoms with Crippen LogP contribution in [0.4, 0.5) is 0 Å². The molecule has 0 amide bonds. The lowest BCUT2D eigenvalue weighted by Gasteiger charge is -2.12. The van der Waals surface area contributed by atoms with Gasteiger partial charge in [-0.15, -0.1) is 0 Å². The average molecular weight is 651 g/mol. The van der Waals surface area contributed by atoms with Crippen molar-refractivity contribution in [1.29, 1.82) is 0 Å². The predicted octanol–water partition coefficient (Wildman–Crippen LogP) is 13.1. The van der Waals surface area contributed by atoms with Crippen molar-refractivity contribution < 1.29 is 0 Å². The van der Waals surface area contributed by atoms with Crippen molar-refractivity contribution in [3.63, 3.8) is 0 Å². The molecule has 2 nitrogen and oxygen atoms in total. The second-order valence-corrected chi connectivity index (χ2v) is 13.3. The molecule has 0 saturated heterocycles. The van der Waals surface area contributed by atoms with Gasteiger partial charge < -0.3 is 9.13 Å². The number of hydrogen-bond donors (Lipinski definition) is 0. The van der Waals surface area contributed by atoms with Crippen molar-refractivity contribution in [3.8, 4) is 33.6 Å². The van der Waals surface area contributed by atoms with Crippen molar-refractivity contribution in [2.45, 2.75) is 6.42 Å². The summed E-state index contributed by atoms with van der Waals surface area (Å²) in [6.07, 6.45) is 12.0. The molecule has 0 atom stereocenters. The molecule has 10 rings (SSSR count). The Balaban J connectivity index is 1.18. The fraction of sp³-hybridized carbons (Fsp3) is 0.0204. The molecule has 0 saturated carbocycles. The molecule has 9 aromatic rings. The highest BCUT2D eigenvalue weighted by molar-refractivity contribution is 6.13. The number of fused-ring (bicyclic) bond motifs is 6. The van der Waals surface area contributed by atoms with E-state index in [1.807, 2.05) is 0 Å². The summed E-state index contributed by atoms with van der Waals surface area (Å²) in [5.74, 6) is 0. The number of aromatic nitrogens is 2. The number of para-hydroxylation sites is 2. The maximum absolute atomic E-state index is 2.44. The van der Waals surface area contributed by atoms with Gasteiger partial charge in [0.15, 0.2) is 0 Å². The first kappa shape index (κ1) is 29.3. The van der Waals surface area contributed by atoms with E-state index in [1.54, 1.807) is 0 Å². The smallest absolute Gasteiger partial charge is 0.0547 e. The Labute approximate surface area is 297 Å². The van der Waals surface area contributed by atoms with Gasteiger partial charge in [-0.2, -0.15) is 0 Å². The summed E-state index contributed by atoms with van der Waals surface area (Å²) in [6, 6.07) is 59.9. The molecule has 0 unspecified atom stereocenters. The lowest BCUT2D eigenvalue weighted by Crippen LogP contribution is -1.95. The number of benzene rings is 7. The first-order chi connectivity index (χ1) is 25.3. The van der Waals surface area contributed by atoms with E-state index >= 15 is 0 Å². The Bertz CT molecular complexity index is 2860. The predicted molar refractivity (Wildman–Crippen MR) is 217 cm³/mol. The van der Waals surface area contributed by atoms with E-state index < -0.39 is 0 Å². The number of allylic oxidation sites excluding steroid dienone is 6. The Kier molecular flexibility index (Phi) is 6.92. The summed E-state index contributed by atoms with van der Waals surface area (Å²) in [4.78, 5) is 0. The molecule has 0 fully saturated rings. The molecule has 1 aliphatic rings. The van der Waals surface area contributed by atoms with Crippen molar-refractivity contribution in [1.82, 2.24) is 9.13 Å². The van der Waals surface area contributed by atoms with Gasteiger partial charge in [0.05, 0.1) is 22.1 Å². The quantitative estimate of drug-likeness (QED) is 0.175. The summed E-state index contributed by atoms with van der Waals surface area (Å²) < 4.78 is 4.82. The SMILES string of the molecule is C1=CCC=CC(c2cccc(-n3c4ccc(-c5ccc6c(c5)c5ccccc5n6-c5ccccc5)cc4c4ccc(-c5ccccc5)cc43)c2)=C1. The van der Waals surface area contributed by atoms with Gasteiger partial charge in [0.1, 0.15) is 0 Å². The highest BCUT2D eigenvalue weighted by Crippen LogP contribution is 2.39. The van der Waals surface area contributed by atoms with Crippen LogP contribution >= 0.6 is 0 Å². The zero-order valence-corrected chi connectivity index (χ0v) is 28.1. The highest BCUT2D eigenvalue weighted by atomic mass is 15.0. The first-order valence-electron chi connectivity index (χ1n) is 17.7. The lowest BCUT2D eigenvalue weighted by molar-refractivity contribution is 1.18. The summed E-state index contributed by atoms with van der Waals surface area (Å²) >= 11 is 0. The van der Waals surface area contributed by atoms with E-state index in [4.69, 9.17) is 0 Å². The minimum absolute atomic E-state index is 0.958. The molecule has 2 heterocycles. The second kappa shape index (κ2) is 12.0. The van der Waals surface area contributed by atoms with Crippen LogP contribution in [0.1, 0.15) is 12.0 Å². The van der Waals surface area contributed by atoms with Gasteiger partial charge in [0.2, 0.25) is 0 Å². The van der Waals surface area contributed by atoms with Crippen molar-refractivity contribution in [2.75, 3.05) is 0 Å². The van der Waals surface area contributed by atoms with E-state index in [-0.39, 0.29) is 0 Å². The molecule has 2 heteroatoms. The third-order valence-electron chi connectivity index (χ3n) is 10.3. The van der Waals surface area contributed by atoms with Gasteiger partial charge in [-0.1, -0.05) is 134 Å². The van der Waals surface area contributed by atoms with Gasteiger partial charge in [-0.05, 0) is 100 Å². The average Bonchev–Trinajstić information content (AvgIpc) is 3.54. The van der Waals surface area contributed by atoms with Crippen LogP contribution in [0.5, 0.6) is 0 Å². The Morgan fingerprint density at radius 2 is 0.941 bits per heavy atom. The minimum Gasteiger partial charge on any atom is -0.309 e. The Morgan fingerprint density at radius 3 is 1.73 bits per heavy atom. The molecule has 240 valence electrons. The van der Waals surface area contributed by atoms with Gasteiger partial charge >= 0.3 is 0 Å². The Hall–Kier alpha value is -6.64. The summed E-state index contributed by atoms with van der Waals surface area (Å²) in [6.45, 7) is 0. The summed E-state index contributed by atoms with van der Waals surface area (Å²) in [5.41, 5.74) is 14.4. The Morgan fingerprint density at radius 1 is 0.353 bits per heavy atom. The van der Waals surface area contributed by atoms with Crippen LogP contribution in [0.3, 0.4) is 0 Å². The maximum atomic E-state index is 2.44. The topological polar surface area (TPSA) is 9.86 Å². The van der Waals surface area contributed by atoms with Crippen LogP contribution < -0.4 is 0 Å². The normalized spacial score (nSPS) is 13.0. The number of nitrogens with zero attached hydrogens (tertiary/aromatic N) is 2. The lowest BCUT2D eigenvalue weighted by atomic mass is 9.99. The standard InChI is InChI=1S/C49H34N2/c1-2-6-15-34(14-5-1)36-18-13-21-41(30-36)51-48-29-26-38(32-45(48)43-27-24-39(33-49(43)51)35-16-7-3-8-17-35)37-25-28-47-44(31-37)42-22-11-12-23-46(42)50(47)40-19-9-4-10-20-40/h1,3-33H,2H2.